The topological polar surface area (TPSA) is 38.7 Å². The number of ether oxygens (including phenoxy) is 2. The number of benzene rings is 1. The maximum absolute atomic E-state index is 10.2. The molecule has 1 saturated heterocycles. The van der Waals surface area contributed by atoms with Crippen LogP contribution in [-0.4, -0.2) is 23.9 Å². The summed E-state index contributed by atoms with van der Waals surface area (Å²) in [6.45, 7) is 4.92. The molecule has 1 aromatic carbocycles. The van der Waals surface area contributed by atoms with Crippen molar-refractivity contribution in [3.63, 3.8) is 0 Å². The molecule has 3 nitrogen and oxygen atoms in total. The molecule has 1 N–H and O–H groups in total. The molecule has 2 unspecified atom stereocenters. The number of hydrogen-bond acceptors (Lipinski definition) is 3. The maximum Gasteiger partial charge on any atom is 0.119 e. The standard InChI is InChI=1S/C17H26O3/c1-13(2)20-16-10-8-14(9-11-16)17(18)7-3-5-15-6-4-12-19-15/h8-11,13,15,17-18H,3-7,12H2,1-2H3. The van der Waals surface area contributed by atoms with E-state index in [9.17, 15) is 5.11 Å². The highest BCUT2D eigenvalue weighted by Crippen LogP contribution is 2.24. The van der Waals surface area contributed by atoms with Gasteiger partial charge in [-0.1, -0.05) is 12.1 Å². The van der Waals surface area contributed by atoms with E-state index in [0.29, 0.717) is 6.10 Å². The van der Waals surface area contributed by atoms with Crippen molar-refractivity contribution in [1.82, 2.24) is 0 Å². The highest BCUT2D eigenvalue weighted by Gasteiger charge is 2.16. The van der Waals surface area contributed by atoms with Gasteiger partial charge in [0.05, 0.1) is 18.3 Å². The summed E-state index contributed by atoms with van der Waals surface area (Å²) in [6.07, 6.45) is 5.44. The molecular weight excluding hydrogens is 252 g/mol. The summed E-state index contributed by atoms with van der Waals surface area (Å²) in [5.41, 5.74) is 0.966. The first-order valence-electron chi connectivity index (χ1n) is 7.71. The van der Waals surface area contributed by atoms with Crippen LogP contribution >= 0.6 is 0 Å². The van der Waals surface area contributed by atoms with Crippen molar-refractivity contribution in [2.45, 2.75) is 64.3 Å². The quantitative estimate of drug-likeness (QED) is 0.823. The van der Waals surface area contributed by atoms with Crippen LogP contribution in [0.15, 0.2) is 24.3 Å². The summed E-state index contributed by atoms with van der Waals surface area (Å²) in [5.74, 6) is 0.857. The normalized spacial score (nSPS) is 20.3. The Morgan fingerprint density at radius 1 is 1.30 bits per heavy atom. The van der Waals surface area contributed by atoms with Crippen LogP contribution in [0.1, 0.15) is 57.6 Å². The largest absolute Gasteiger partial charge is 0.491 e. The van der Waals surface area contributed by atoms with Crippen molar-refractivity contribution >= 4 is 0 Å². The van der Waals surface area contributed by atoms with Gasteiger partial charge in [-0.05, 0) is 63.6 Å². The Bertz CT molecular complexity index is 380. The van der Waals surface area contributed by atoms with E-state index in [0.717, 1.165) is 37.2 Å². The van der Waals surface area contributed by atoms with Gasteiger partial charge in [0.15, 0.2) is 0 Å². The zero-order valence-electron chi connectivity index (χ0n) is 12.5. The van der Waals surface area contributed by atoms with E-state index < -0.39 is 0 Å². The van der Waals surface area contributed by atoms with Crippen LogP contribution in [0.5, 0.6) is 5.75 Å². The van der Waals surface area contributed by atoms with Crippen molar-refractivity contribution < 1.29 is 14.6 Å². The fraction of sp³-hybridized carbons (Fsp3) is 0.647. The number of rotatable bonds is 7. The second-order valence-corrected chi connectivity index (χ2v) is 5.82. The molecule has 1 aliphatic heterocycles. The minimum atomic E-state index is -0.385. The Balaban J connectivity index is 1.75. The third kappa shape index (κ3) is 4.80. The Kier molecular flexibility index (Phi) is 5.86. The third-order valence-electron chi connectivity index (χ3n) is 3.66. The molecule has 1 aliphatic rings. The lowest BCUT2D eigenvalue weighted by molar-refractivity contribution is 0.0944. The molecule has 0 saturated carbocycles. The van der Waals surface area contributed by atoms with Gasteiger partial charge in [0, 0.05) is 6.61 Å². The molecule has 112 valence electrons. The van der Waals surface area contributed by atoms with Crippen molar-refractivity contribution in [2.24, 2.45) is 0 Å². The lowest BCUT2D eigenvalue weighted by Gasteiger charge is -2.14. The summed E-state index contributed by atoms with van der Waals surface area (Å²) >= 11 is 0. The van der Waals surface area contributed by atoms with Crippen LogP contribution in [0.2, 0.25) is 0 Å². The van der Waals surface area contributed by atoms with Crippen molar-refractivity contribution in [3.8, 4) is 5.75 Å². The van der Waals surface area contributed by atoms with E-state index >= 15 is 0 Å². The van der Waals surface area contributed by atoms with Crippen LogP contribution < -0.4 is 4.74 Å². The molecule has 0 amide bonds. The molecule has 2 rings (SSSR count). The Morgan fingerprint density at radius 2 is 2.05 bits per heavy atom. The van der Waals surface area contributed by atoms with Crippen molar-refractivity contribution in [2.75, 3.05) is 6.61 Å². The van der Waals surface area contributed by atoms with Crippen LogP contribution in [-0.2, 0) is 4.74 Å². The maximum atomic E-state index is 10.2. The number of aliphatic hydroxyl groups excluding tert-OH is 1. The van der Waals surface area contributed by atoms with E-state index in [2.05, 4.69) is 0 Å². The smallest absolute Gasteiger partial charge is 0.119 e. The summed E-state index contributed by atoms with van der Waals surface area (Å²) in [4.78, 5) is 0. The molecule has 20 heavy (non-hydrogen) atoms. The van der Waals surface area contributed by atoms with Gasteiger partial charge in [-0.25, -0.2) is 0 Å². The monoisotopic (exact) mass is 278 g/mol. The lowest BCUT2D eigenvalue weighted by Crippen LogP contribution is -2.07. The molecule has 3 heteroatoms. The van der Waals surface area contributed by atoms with Crippen LogP contribution in [0.4, 0.5) is 0 Å². The summed E-state index contributed by atoms with van der Waals surface area (Å²) < 4.78 is 11.2. The van der Waals surface area contributed by atoms with Gasteiger partial charge in [-0.3, -0.25) is 0 Å². The Hall–Kier alpha value is -1.06. The van der Waals surface area contributed by atoms with E-state index in [1.54, 1.807) is 0 Å². The highest BCUT2D eigenvalue weighted by atomic mass is 16.5. The molecular formula is C17H26O3. The van der Waals surface area contributed by atoms with Crippen molar-refractivity contribution in [3.05, 3.63) is 29.8 Å². The zero-order valence-corrected chi connectivity index (χ0v) is 12.5. The predicted molar refractivity (Wildman–Crippen MR) is 80.0 cm³/mol. The van der Waals surface area contributed by atoms with Crippen molar-refractivity contribution in [1.29, 1.82) is 0 Å². The number of aliphatic hydroxyl groups is 1. The highest BCUT2D eigenvalue weighted by molar-refractivity contribution is 5.28. The summed E-state index contributed by atoms with van der Waals surface area (Å²) in [6, 6.07) is 7.76. The molecule has 0 aliphatic carbocycles. The van der Waals surface area contributed by atoms with E-state index in [1.165, 1.54) is 12.8 Å². The van der Waals surface area contributed by atoms with E-state index in [1.807, 2.05) is 38.1 Å². The van der Waals surface area contributed by atoms with Gasteiger partial charge in [-0.15, -0.1) is 0 Å². The first kappa shape index (κ1) is 15.3. The van der Waals surface area contributed by atoms with E-state index in [4.69, 9.17) is 9.47 Å². The molecule has 2 atom stereocenters. The fourth-order valence-electron chi connectivity index (χ4n) is 2.62. The average molecular weight is 278 g/mol. The lowest BCUT2D eigenvalue weighted by atomic mass is 10.0. The average Bonchev–Trinajstić information content (AvgIpc) is 2.92. The number of hydrogen-bond donors (Lipinski definition) is 1. The van der Waals surface area contributed by atoms with Gasteiger partial charge in [0.2, 0.25) is 0 Å². The third-order valence-corrected chi connectivity index (χ3v) is 3.66. The SMILES string of the molecule is CC(C)Oc1ccc(C(O)CCCC2CCCO2)cc1. The molecule has 0 bridgehead atoms. The molecule has 0 spiro atoms. The van der Waals surface area contributed by atoms with Crippen LogP contribution in [0.3, 0.4) is 0 Å². The molecule has 1 fully saturated rings. The van der Waals surface area contributed by atoms with Crippen LogP contribution in [0.25, 0.3) is 0 Å². The Morgan fingerprint density at radius 3 is 2.65 bits per heavy atom. The molecule has 1 aromatic rings. The fourth-order valence-corrected chi connectivity index (χ4v) is 2.62. The van der Waals surface area contributed by atoms with Gasteiger partial charge < -0.3 is 14.6 Å². The van der Waals surface area contributed by atoms with Crippen LogP contribution in [0, 0.1) is 0 Å². The first-order chi connectivity index (χ1) is 9.65. The minimum absolute atomic E-state index is 0.178. The molecule has 0 aromatic heterocycles. The Labute approximate surface area is 121 Å². The molecule has 0 radical (unpaired) electrons. The van der Waals surface area contributed by atoms with Gasteiger partial charge >= 0.3 is 0 Å². The minimum Gasteiger partial charge on any atom is -0.491 e. The van der Waals surface area contributed by atoms with Gasteiger partial charge in [0.25, 0.3) is 0 Å². The molecule has 1 heterocycles. The zero-order chi connectivity index (χ0) is 14.4. The summed E-state index contributed by atoms with van der Waals surface area (Å²) in [7, 11) is 0. The van der Waals surface area contributed by atoms with Gasteiger partial charge in [-0.2, -0.15) is 0 Å². The second-order valence-electron chi connectivity index (χ2n) is 5.82. The first-order valence-corrected chi connectivity index (χ1v) is 7.71. The van der Waals surface area contributed by atoms with E-state index in [-0.39, 0.29) is 12.2 Å². The van der Waals surface area contributed by atoms with Gasteiger partial charge in [0.1, 0.15) is 5.75 Å². The predicted octanol–water partition coefficient (Wildman–Crippen LogP) is 3.86. The second kappa shape index (κ2) is 7.65. The summed E-state index contributed by atoms with van der Waals surface area (Å²) in [5, 5.41) is 10.2.